The highest BCUT2D eigenvalue weighted by Crippen LogP contribution is 2.13. The quantitative estimate of drug-likeness (QED) is 0.296. The lowest BCUT2D eigenvalue weighted by Crippen LogP contribution is -2.13. The predicted molar refractivity (Wildman–Crippen MR) is 93.0 cm³/mol. The van der Waals surface area contributed by atoms with Crippen LogP contribution in [0.4, 0.5) is 0 Å². The van der Waals surface area contributed by atoms with Crippen molar-refractivity contribution < 1.29 is 0 Å². The SMILES string of the molecule is CCC(C)CCCC/C=C\CCCCCCCC(C)N. The smallest absolute Gasteiger partial charge is 0.00104 e. The van der Waals surface area contributed by atoms with Gasteiger partial charge in [0.05, 0.1) is 0 Å². The minimum absolute atomic E-state index is 0.387. The zero-order valence-corrected chi connectivity index (χ0v) is 14.4. The molecule has 120 valence electrons. The van der Waals surface area contributed by atoms with E-state index in [1.54, 1.807) is 0 Å². The molecular weight excluding hydrogens is 242 g/mol. The fourth-order valence-corrected chi connectivity index (χ4v) is 2.45. The lowest BCUT2D eigenvalue weighted by molar-refractivity contribution is 0.486. The van der Waals surface area contributed by atoms with E-state index >= 15 is 0 Å². The molecule has 0 spiro atoms. The van der Waals surface area contributed by atoms with E-state index in [0.717, 1.165) is 5.92 Å². The fourth-order valence-electron chi connectivity index (χ4n) is 2.45. The zero-order valence-electron chi connectivity index (χ0n) is 14.4. The zero-order chi connectivity index (χ0) is 15.1. The van der Waals surface area contributed by atoms with Crippen molar-refractivity contribution in [2.24, 2.45) is 11.7 Å². The molecule has 0 aliphatic heterocycles. The van der Waals surface area contributed by atoms with Gasteiger partial charge in [0.2, 0.25) is 0 Å². The Bertz CT molecular complexity index is 208. The maximum atomic E-state index is 5.74. The van der Waals surface area contributed by atoms with Crippen molar-refractivity contribution in [2.75, 3.05) is 0 Å². The molecule has 0 aliphatic rings. The summed E-state index contributed by atoms with van der Waals surface area (Å²) in [5.41, 5.74) is 5.74. The van der Waals surface area contributed by atoms with Crippen LogP contribution < -0.4 is 5.73 Å². The van der Waals surface area contributed by atoms with Crippen molar-refractivity contribution in [3.63, 3.8) is 0 Å². The molecule has 0 radical (unpaired) electrons. The van der Waals surface area contributed by atoms with E-state index in [4.69, 9.17) is 5.73 Å². The normalized spacial score (nSPS) is 14.8. The van der Waals surface area contributed by atoms with Crippen LogP contribution in [-0.4, -0.2) is 6.04 Å². The molecule has 0 aliphatic carbocycles. The van der Waals surface area contributed by atoms with Gasteiger partial charge >= 0.3 is 0 Å². The van der Waals surface area contributed by atoms with E-state index in [9.17, 15) is 0 Å². The lowest BCUT2D eigenvalue weighted by Gasteiger charge is -2.06. The largest absolute Gasteiger partial charge is 0.328 e. The van der Waals surface area contributed by atoms with Crippen molar-refractivity contribution in [1.29, 1.82) is 0 Å². The summed E-state index contributed by atoms with van der Waals surface area (Å²) in [6.07, 6.45) is 20.9. The monoisotopic (exact) mass is 281 g/mol. The Morgan fingerprint density at radius 1 is 0.750 bits per heavy atom. The number of hydrogen-bond acceptors (Lipinski definition) is 1. The molecule has 0 saturated carbocycles. The molecule has 0 rings (SSSR count). The first-order chi connectivity index (χ1) is 9.66. The van der Waals surface area contributed by atoms with Crippen LogP contribution in [0.2, 0.25) is 0 Å². The third-order valence-electron chi connectivity index (χ3n) is 4.21. The molecule has 2 unspecified atom stereocenters. The molecule has 2 atom stereocenters. The second-order valence-electron chi connectivity index (χ2n) is 6.59. The van der Waals surface area contributed by atoms with Gasteiger partial charge in [0, 0.05) is 6.04 Å². The Balaban J connectivity index is 3.12. The molecule has 0 aromatic heterocycles. The molecule has 1 nitrogen and oxygen atoms in total. The summed E-state index contributed by atoms with van der Waals surface area (Å²) in [4.78, 5) is 0. The number of unbranched alkanes of at least 4 members (excludes halogenated alkanes) is 7. The number of rotatable bonds is 14. The molecule has 0 aromatic carbocycles. The third-order valence-corrected chi connectivity index (χ3v) is 4.21. The van der Waals surface area contributed by atoms with Crippen LogP contribution in [0.3, 0.4) is 0 Å². The highest BCUT2D eigenvalue weighted by molar-refractivity contribution is 4.81. The minimum Gasteiger partial charge on any atom is -0.328 e. The molecular formula is C19H39N. The van der Waals surface area contributed by atoms with E-state index < -0.39 is 0 Å². The molecule has 0 bridgehead atoms. The Hall–Kier alpha value is -0.300. The summed E-state index contributed by atoms with van der Waals surface area (Å²) >= 11 is 0. The van der Waals surface area contributed by atoms with Crippen LogP contribution in [-0.2, 0) is 0 Å². The Morgan fingerprint density at radius 2 is 1.25 bits per heavy atom. The van der Waals surface area contributed by atoms with Crippen LogP contribution in [0.5, 0.6) is 0 Å². The van der Waals surface area contributed by atoms with Crippen LogP contribution in [0.1, 0.15) is 97.8 Å². The van der Waals surface area contributed by atoms with Gasteiger partial charge in [-0.3, -0.25) is 0 Å². The molecule has 2 N–H and O–H groups in total. The first-order valence-electron chi connectivity index (χ1n) is 9.07. The highest BCUT2D eigenvalue weighted by Gasteiger charge is 1.97. The van der Waals surface area contributed by atoms with Gasteiger partial charge in [-0.1, -0.05) is 70.9 Å². The van der Waals surface area contributed by atoms with Crippen LogP contribution in [0, 0.1) is 5.92 Å². The van der Waals surface area contributed by atoms with Gasteiger partial charge in [0.15, 0.2) is 0 Å². The molecule has 1 heteroatoms. The fraction of sp³-hybridized carbons (Fsp3) is 0.895. The van der Waals surface area contributed by atoms with Crippen molar-refractivity contribution in [1.82, 2.24) is 0 Å². The third kappa shape index (κ3) is 15.8. The Kier molecular flexibility index (Phi) is 14.9. The van der Waals surface area contributed by atoms with E-state index in [-0.39, 0.29) is 0 Å². The van der Waals surface area contributed by atoms with Crippen molar-refractivity contribution in [3.05, 3.63) is 12.2 Å². The van der Waals surface area contributed by atoms with Gasteiger partial charge in [-0.05, 0) is 44.9 Å². The van der Waals surface area contributed by atoms with E-state index in [0.29, 0.717) is 6.04 Å². The average Bonchev–Trinajstić information content (AvgIpc) is 2.43. The number of nitrogens with two attached hydrogens (primary N) is 1. The molecule has 0 amide bonds. The van der Waals surface area contributed by atoms with Gasteiger partial charge < -0.3 is 5.73 Å². The Morgan fingerprint density at radius 3 is 1.85 bits per heavy atom. The summed E-state index contributed by atoms with van der Waals surface area (Å²) in [6, 6.07) is 0.387. The van der Waals surface area contributed by atoms with Crippen molar-refractivity contribution >= 4 is 0 Å². The topological polar surface area (TPSA) is 26.0 Å². The van der Waals surface area contributed by atoms with Crippen LogP contribution >= 0.6 is 0 Å². The lowest BCUT2D eigenvalue weighted by atomic mass is 10.0. The summed E-state index contributed by atoms with van der Waals surface area (Å²) in [6.45, 7) is 6.76. The molecule has 20 heavy (non-hydrogen) atoms. The average molecular weight is 282 g/mol. The molecule has 0 heterocycles. The van der Waals surface area contributed by atoms with Gasteiger partial charge in [-0.25, -0.2) is 0 Å². The molecule has 0 fully saturated rings. The van der Waals surface area contributed by atoms with E-state index in [2.05, 4.69) is 32.9 Å². The highest BCUT2D eigenvalue weighted by atomic mass is 14.6. The summed E-state index contributed by atoms with van der Waals surface area (Å²) in [7, 11) is 0. The van der Waals surface area contributed by atoms with Crippen molar-refractivity contribution in [3.8, 4) is 0 Å². The minimum atomic E-state index is 0.387. The standard InChI is InChI=1S/C19H39N/c1-4-18(2)16-14-12-10-8-6-5-7-9-11-13-15-17-19(3)20/h6,8,18-19H,4-5,7,9-17,20H2,1-3H3/b8-6-. The summed E-state index contributed by atoms with van der Waals surface area (Å²) in [5, 5.41) is 0. The maximum Gasteiger partial charge on any atom is 0.00104 e. The first kappa shape index (κ1) is 19.7. The molecule has 0 aromatic rings. The molecule has 0 saturated heterocycles. The van der Waals surface area contributed by atoms with Crippen LogP contribution in [0.15, 0.2) is 12.2 Å². The van der Waals surface area contributed by atoms with E-state index in [1.165, 1.54) is 77.0 Å². The van der Waals surface area contributed by atoms with E-state index in [1.807, 2.05) is 0 Å². The summed E-state index contributed by atoms with van der Waals surface area (Å²) < 4.78 is 0. The van der Waals surface area contributed by atoms with Crippen molar-refractivity contribution in [2.45, 2.75) is 104 Å². The van der Waals surface area contributed by atoms with Gasteiger partial charge in [0.1, 0.15) is 0 Å². The van der Waals surface area contributed by atoms with Crippen LogP contribution in [0.25, 0.3) is 0 Å². The second-order valence-corrected chi connectivity index (χ2v) is 6.59. The maximum absolute atomic E-state index is 5.74. The van der Waals surface area contributed by atoms with Gasteiger partial charge in [-0.15, -0.1) is 0 Å². The predicted octanol–water partition coefficient (Wildman–Crippen LogP) is 6.23. The second kappa shape index (κ2) is 15.1. The first-order valence-corrected chi connectivity index (χ1v) is 9.07. The van der Waals surface area contributed by atoms with Gasteiger partial charge in [-0.2, -0.15) is 0 Å². The Labute approximate surface area is 128 Å². The number of hydrogen-bond donors (Lipinski definition) is 1. The number of allylic oxidation sites excluding steroid dienone is 2. The summed E-state index contributed by atoms with van der Waals surface area (Å²) in [5.74, 6) is 0.918. The van der Waals surface area contributed by atoms with Gasteiger partial charge in [0.25, 0.3) is 0 Å².